The zero-order chi connectivity index (χ0) is 10.3. The van der Waals surface area contributed by atoms with Gasteiger partial charge in [0, 0.05) is 12.2 Å². The van der Waals surface area contributed by atoms with Crippen LogP contribution >= 0.6 is 0 Å². The van der Waals surface area contributed by atoms with Crippen molar-refractivity contribution in [3.63, 3.8) is 0 Å². The first-order valence-electron chi connectivity index (χ1n) is 4.69. The van der Waals surface area contributed by atoms with E-state index in [1.807, 2.05) is 6.92 Å². The highest BCUT2D eigenvalue weighted by Gasteiger charge is 2.11. The van der Waals surface area contributed by atoms with Crippen LogP contribution in [-0.2, 0) is 0 Å². The Balaban J connectivity index is 2.84. The van der Waals surface area contributed by atoms with Gasteiger partial charge in [-0.1, -0.05) is 0 Å². The molecule has 0 amide bonds. The molecule has 74 valence electrons. The first-order valence-corrected chi connectivity index (χ1v) is 4.69. The van der Waals surface area contributed by atoms with Crippen molar-refractivity contribution in [1.29, 1.82) is 0 Å². The summed E-state index contributed by atoms with van der Waals surface area (Å²) in [5, 5.41) is 0.973. The standard InChI is InChI=1S/C10H14N4/c1-6(2)14-4-7(3)8-9(11)12-5-13-10(8)14/h4-6H,1-3H3,(H2,11,12,13). The number of hydrogen-bond donors (Lipinski definition) is 1. The Morgan fingerprint density at radius 1 is 1.36 bits per heavy atom. The van der Waals surface area contributed by atoms with E-state index in [2.05, 4.69) is 34.6 Å². The fourth-order valence-corrected chi connectivity index (χ4v) is 1.69. The third-order valence-electron chi connectivity index (χ3n) is 2.38. The van der Waals surface area contributed by atoms with Gasteiger partial charge >= 0.3 is 0 Å². The van der Waals surface area contributed by atoms with Crippen LogP contribution in [0.3, 0.4) is 0 Å². The summed E-state index contributed by atoms with van der Waals surface area (Å²) in [6.07, 6.45) is 3.58. The third-order valence-corrected chi connectivity index (χ3v) is 2.38. The Labute approximate surface area is 82.8 Å². The van der Waals surface area contributed by atoms with Crippen LogP contribution in [0.5, 0.6) is 0 Å². The number of rotatable bonds is 1. The number of anilines is 1. The van der Waals surface area contributed by atoms with E-state index in [-0.39, 0.29) is 0 Å². The van der Waals surface area contributed by atoms with E-state index >= 15 is 0 Å². The molecule has 0 aliphatic heterocycles. The molecule has 14 heavy (non-hydrogen) atoms. The van der Waals surface area contributed by atoms with Gasteiger partial charge in [-0.05, 0) is 26.3 Å². The molecule has 2 N–H and O–H groups in total. The maximum absolute atomic E-state index is 5.81. The summed E-state index contributed by atoms with van der Waals surface area (Å²) in [6, 6.07) is 0.389. The maximum atomic E-state index is 5.81. The van der Waals surface area contributed by atoms with Crippen LogP contribution < -0.4 is 5.73 Å². The number of nitrogens with zero attached hydrogens (tertiary/aromatic N) is 3. The van der Waals surface area contributed by atoms with Crippen molar-refractivity contribution in [2.75, 3.05) is 5.73 Å². The second kappa shape index (κ2) is 2.97. The number of nitrogen functional groups attached to an aromatic ring is 1. The van der Waals surface area contributed by atoms with Gasteiger partial charge in [0.05, 0.1) is 5.39 Å². The Kier molecular flexibility index (Phi) is 1.91. The minimum absolute atomic E-state index is 0.389. The minimum atomic E-state index is 0.389. The summed E-state index contributed by atoms with van der Waals surface area (Å²) in [5.74, 6) is 0.562. The molecule has 0 unspecified atom stereocenters. The van der Waals surface area contributed by atoms with Crippen LogP contribution in [0.4, 0.5) is 5.82 Å². The molecule has 0 spiro atoms. The SMILES string of the molecule is Cc1cn(C(C)C)c2ncnc(N)c12. The maximum Gasteiger partial charge on any atom is 0.145 e. The summed E-state index contributed by atoms with van der Waals surface area (Å²) in [6.45, 7) is 6.27. The summed E-state index contributed by atoms with van der Waals surface area (Å²) < 4.78 is 2.11. The normalized spacial score (nSPS) is 11.4. The largest absolute Gasteiger partial charge is 0.383 e. The molecule has 0 aliphatic rings. The zero-order valence-corrected chi connectivity index (χ0v) is 8.65. The second-order valence-corrected chi connectivity index (χ2v) is 3.77. The monoisotopic (exact) mass is 190 g/mol. The van der Waals surface area contributed by atoms with Crippen molar-refractivity contribution in [2.24, 2.45) is 0 Å². The first-order chi connectivity index (χ1) is 6.61. The molecular formula is C10H14N4. The number of hydrogen-bond acceptors (Lipinski definition) is 3. The minimum Gasteiger partial charge on any atom is -0.383 e. The fraction of sp³-hybridized carbons (Fsp3) is 0.400. The van der Waals surface area contributed by atoms with Gasteiger partial charge in [0.15, 0.2) is 0 Å². The van der Waals surface area contributed by atoms with Crippen LogP contribution in [0.1, 0.15) is 25.5 Å². The van der Waals surface area contributed by atoms with Crippen molar-refractivity contribution in [3.05, 3.63) is 18.1 Å². The lowest BCUT2D eigenvalue weighted by Crippen LogP contribution is -2.00. The molecule has 2 aromatic heterocycles. The predicted octanol–water partition coefficient (Wildman–Crippen LogP) is 1.90. The van der Waals surface area contributed by atoms with Crippen molar-refractivity contribution < 1.29 is 0 Å². The molecule has 4 nitrogen and oxygen atoms in total. The van der Waals surface area contributed by atoms with Gasteiger partial charge in [0.2, 0.25) is 0 Å². The topological polar surface area (TPSA) is 56.7 Å². The van der Waals surface area contributed by atoms with E-state index in [0.717, 1.165) is 16.6 Å². The van der Waals surface area contributed by atoms with Crippen molar-refractivity contribution in [1.82, 2.24) is 14.5 Å². The summed E-state index contributed by atoms with van der Waals surface area (Å²) in [4.78, 5) is 8.25. The average molecular weight is 190 g/mol. The number of nitrogens with two attached hydrogens (primary N) is 1. The lowest BCUT2D eigenvalue weighted by Gasteiger charge is -2.07. The van der Waals surface area contributed by atoms with Gasteiger partial charge in [-0.2, -0.15) is 0 Å². The highest BCUT2D eigenvalue weighted by atomic mass is 15.1. The van der Waals surface area contributed by atoms with E-state index < -0.39 is 0 Å². The van der Waals surface area contributed by atoms with Gasteiger partial charge < -0.3 is 10.3 Å². The second-order valence-electron chi connectivity index (χ2n) is 3.77. The molecule has 2 rings (SSSR count). The molecule has 2 heterocycles. The van der Waals surface area contributed by atoms with Crippen molar-refractivity contribution in [3.8, 4) is 0 Å². The smallest absolute Gasteiger partial charge is 0.145 e. The van der Waals surface area contributed by atoms with E-state index in [4.69, 9.17) is 5.73 Å². The molecule has 0 saturated carbocycles. The lowest BCUT2D eigenvalue weighted by molar-refractivity contribution is 0.616. The molecule has 2 aromatic rings. The Bertz CT molecular complexity index is 470. The van der Waals surface area contributed by atoms with E-state index in [1.54, 1.807) is 0 Å². The lowest BCUT2D eigenvalue weighted by atomic mass is 10.2. The number of aryl methyl sites for hydroxylation is 1. The summed E-state index contributed by atoms with van der Waals surface area (Å²) in [7, 11) is 0. The van der Waals surface area contributed by atoms with Gasteiger partial charge in [-0.3, -0.25) is 0 Å². The number of fused-ring (bicyclic) bond motifs is 1. The van der Waals surface area contributed by atoms with Crippen molar-refractivity contribution >= 4 is 16.9 Å². The Morgan fingerprint density at radius 3 is 2.71 bits per heavy atom. The fourth-order valence-electron chi connectivity index (χ4n) is 1.69. The zero-order valence-electron chi connectivity index (χ0n) is 8.65. The number of aromatic nitrogens is 3. The highest BCUT2D eigenvalue weighted by Crippen LogP contribution is 2.25. The average Bonchev–Trinajstić information content (AvgIpc) is 2.45. The highest BCUT2D eigenvalue weighted by molar-refractivity contribution is 5.89. The first kappa shape index (κ1) is 8.99. The molecule has 0 aromatic carbocycles. The van der Waals surface area contributed by atoms with Crippen LogP contribution in [0, 0.1) is 6.92 Å². The Hall–Kier alpha value is -1.58. The van der Waals surface area contributed by atoms with Gasteiger partial charge in [-0.25, -0.2) is 9.97 Å². The Morgan fingerprint density at radius 2 is 2.07 bits per heavy atom. The van der Waals surface area contributed by atoms with Crippen LogP contribution in [0.15, 0.2) is 12.5 Å². The predicted molar refractivity (Wildman–Crippen MR) is 57.1 cm³/mol. The van der Waals surface area contributed by atoms with Crippen LogP contribution in [0.2, 0.25) is 0 Å². The molecule has 0 atom stereocenters. The summed E-state index contributed by atoms with van der Waals surface area (Å²) >= 11 is 0. The summed E-state index contributed by atoms with van der Waals surface area (Å²) in [5.41, 5.74) is 7.86. The van der Waals surface area contributed by atoms with Gasteiger partial charge in [-0.15, -0.1) is 0 Å². The molecule has 0 saturated heterocycles. The molecular weight excluding hydrogens is 176 g/mol. The van der Waals surface area contributed by atoms with Crippen LogP contribution in [-0.4, -0.2) is 14.5 Å². The van der Waals surface area contributed by atoms with Crippen LogP contribution in [0.25, 0.3) is 11.0 Å². The van der Waals surface area contributed by atoms with Crippen molar-refractivity contribution in [2.45, 2.75) is 26.8 Å². The van der Waals surface area contributed by atoms with Gasteiger partial charge in [0.25, 0.3) is 0 Å². The molecule has 0 fully saturated rings. The molecule has 0 radical (unpaired) electrons. The van der Waals surface area contributed by atoms with E-state index in [1.165, 1.54) is 6.33 Å². The molecule has 0 aliphatic carbocycles. The quantitative estimate of drug-likeness (QED) is 0.747. The molecule has 0 bridgehead atoms. The molecule has 4 heteroatoms. The van der Waals surface area contributed by atoms with Gasteiger partial charge in [0.1, 0.15) is 17.8 Å². The van der Waals surface area contributed by atoms with E-state index in [9.17, 15) is 0 Å². The third kappa shape index (κ3) is 1.14. The van der Waals surface area contributed by atoms with E-state index in [0.29, 0.717) is 11.9 Å².